The number of carboxylic acid groups (broad SMARTS) is 1. The van der Waals surface area contributed by atoms with Crippen LogP contribution < -0.4 is 10.6 Å². The van der Waals surface area contributed by atoms with E-state index in [2.05, 4.69) is 10.6 Å². The Morgan fingerprint density at radius 3 is 2.47 bits per heavy atom. The molecule has 0 spiro atoms. The smallest absolute Gasteiger partial charge is 0.328 e. The van der Waals surface area contributed by atoms with Crippen LogP contribution >= 0.6 is 11.6 Å². The lowest BCUT2D eigenvalue weighted by atomic mass is 10.2. The highest BCUT2D eigenvalue weighted by molar-refractivity contribution is 6.33. The lowest BCUT2D eigenvalue weighted by Crippen LogP contribution is -2.49. The molecule has 1 rings (SSSR count). The van der Waals surface area contributed by atoms with Gasteiger partial charge in [0, 0.05) is 0 Å². The molecule has 0 radical (unpaired) electrons. The molecule has 1 aromatic carbocycles. The molecule has 7 heteroatoms. The second-order valence-electron chi connectivity index (χ2n) is 4.09. The SMILES string of the molecule is Cc1cccc(Cl)c1NC(=O)NC(C(=O)O)C(C)O. The van der Waals surface area contributed by atoms with Gasteiger partial charge in [0.15, 0.2) is 6.04 Å². The molecule has 0 saturated heterocycles. The number of rotatable bonds is 4. The van der Waals surface area contributed by atoms with Gasteiger partial charge in [-0.3, -0.25) is 0 Å². The maximum Gasteiger partial charge on any atom is 0.328 e. The first kappa shape index (κ1) is 15.3. The van der Waals surface area contributed by atoms with Crippen molar-refractivity contribution in [1.82, 2.24) is 5.32 Å². The van der Waals surface area contributed by atoms with Gasteiger partial charge in [0.1, 0.15) is 0 Å². The molecule has 2 amide bonds. The summed E-state index contributed by atoms with van der Waals surface area (Å²) in [6, 6.07) is 2.96. The molecular weight excluding hydrogens is 272 g/mol. The summed E-state index contributed by atoms with van der Waals surface area (Å²) in [6.07, 6.45) is -1.21. The highest BCUT2D eigenvalue weighted by Gasteiger charge is 2.25. The summed E-state index contributed by atoms with van der Waals surface area (Å²) in [5.74, 6) is -1.32. The Kier molecular flexibility index (Phi) is 5.14. The number of hydrogen-bond donors (Lipinski definition) is 4. The minimum atomic E-state index is -1.39. The number of carbonyl (C=O) groups excluding carboxylic acids is 1. The normalized spacial score (nSPS) is 13.5. The average molecular weight is 287 g/mol. The minimum absolute atomic E-state index is 0.346. The largest absolute Gasteiger partial charge is 0.480 e. The predicted molar refractivity (Wildman–Crippen MR) is 71.4 cm³/mol. The molecule has 2 unspecified atom stereocenters. The molecule has 19 heavy (non-hydrogen) atoms. The zero-order valence-corrected chi connectivity index (χ0v) is 11.2. The second-order valence-corrected chi connectivity index (χ2v) is 4.49. The highest BCUT2D eigenvalue weighted by Crippen LogP contribution is 2.24. The number of benzene rings is 1. The van der Waals surface area contributed by atoms with Crippen molar-refractivity contribution in [1.29, 1.82) is 0 Å². The summed E-state index contributed by atoms with van der Waals surface area (Å²) in [5, 5.41) is 23.1. The number of nitrogens with one attached hydrogen (secondary N) is 2. The van der Waals surface area contributed by atoms with Crippen LogP contribution in [0.15, 0.2) is 18.2 Å². The first-order chi connectivity index (χ1) is 8.82. The number of anilines is 1. The fourth-order valence-electron chi connectivity index (χ4n) is 1.47. The van der Waals surface area contributed by atoms with Gasteiger partial charge in [-0.2, -0.15) is 0 Å². The van der Waals surface area contributed by atoms with Crippen molar-refractivity contribution < 1.29 is 19.8 Å². The third-order valence-electron chi connectivity index (χ3n) is 2.50. The van der Waals surface area contributed by atoms with E-state index in [9.17, 15) is 14.7 Å². The van der Waals surface area contributed by atoms with Crippen molar-refractivity contribution in [2.75, 3.05) is 5.32 Å². The lowest BCUT2D eigenvalue weighted by molar-refractivity contribution is -0.141. The quantitative estimate of drug-likeness (QED) is 0.676. The van der Waals surface area contributed by atoms with Crippen LogP contribution in [0.1, 0.15) is 12.5 Å². The standard InChI is InChI=1S/C12H15ClN2O4/c1-6-4-3-5-8(13)9(6)14-12(19)15-10(7(2)16)11(17)18/h3-5,7,10,16H,1-2H3,(H,17,18)(H2,14,15,19). The van der Waals surface area contributed by atoms with Crippen LogP contribution in [0, 0.1) is 6.92 Å². The maximum absolute atomic E-state index is 11.7. The van der Waals surface area contributed by atoms with E-state index in [1.807, 2.05) is 0 Å². The molecule has 0 aliphatic rings. The summed E-state index contributed by atoms with van der Waals surface area (Å²) < 4.78 is 0. The Hall–Kier alpha value is -1.79. The van der Waals surface area contributed by atoms with E-state index >= 15 is 0 Å². The van der Waals surface area contributed by atoms with E-state index in [1.165, 1.54) is 6.92 Å². The lowest BCUT2D eigenvalue weighted by Gasteiger charge is -2.18. The van der Waals surface area contributed by atoms with Crippen LogP contribution in [0.4, 0.5) is 10.5 Å². The van der Waals surface area contributed by atoms with Crippen molar-refractivity contribution in [3.05, 3.63) is 28.8 Å². The predicted octanol–water partition coefficient (Wildman–Crippen LogP) is 1.60. The van der Waals surface area contributed by atoms with Crippen molar-refractivity contribution in [3.63, 3.8) is 0 Å². The van der Waals surface area contributed by atoms with Crippen LogP contribution in [0.2, 0.25) is 5.02 Å². The van der Waals surface area contributed by atoms with E-state index in [-0.39, 0.29) is 0 Å². The van der Waals surface area contributed by atoms with Crippen molar-refractivity contribution in [2.24, 2.45) is 0 Å². The third-order valence-corrected chi connectivity index (χ3v) is 2.81. The third kappa shape index (κ3) is 4.11. The zero-order chi connectivity index (χ0) is 14.6. The van der Waals surface area contributed by atoms with Crippen LogP contribution in [-0.4, -0.2) is 34.4 Å². The number of aliphatic carboxylic acids is 1. The minimum Gasteiger partial charge on any atom is -0.480 e. The fourth-order valence-corrected chi connectivity index (χ4v) is 1.74. The average Bonchev–Trinajstić information content (AvgIpc) is 2.30. The number of aliphatic hydroxyl groups is 1. The highest BCUT2D eigenvalue weighted by atomic mass is 35.5. The molecule has 4 N–H and O–H groups in total. The van der Waals surface area contributed by atoms with Gasteiger partial charge in [-0.05, 0) is 25.5 Å². The number of aryl methyl sites for hydroxylation is 1. The summed E-state index contributed by atoms with van der Waals surface area (Å²) in [4.78, 5) is 22.5. The Bertz CT molecular complexity index is 470. The molecule has 6 nitrogen and oxygen atoms in total. The van der Waals surface area contributed by atoms with Crippen LogP contribution in [-0.2, 0) is 4.79 Å². The monoisotopic (exact) mass is 286 g/mol. The molecule has 0 aliphatic carbocycles. The number of halogens is 1. The molecule has 104 valence electrons. The topological polar surface area (TPSA) is 98.7 Å². The molecule has 0 saturated carbocycles. The molecule has 0 fully saturated rings. The van der Waals surface area contributed by atoms with E-state index in [1.54, 1.807) is 25.1 Å². The van der Waals surface area contributed by atoms with Gasteiger partial charge >= 0.3 is 12.0 Å². The summed E-state index contributed by atoms with van der Waals surface area (Å²) in [7, 11) is 0. The van der Waals surface area contributed by atoms with E-state index in [4.69, 9.17) is 16.7 Å². The molecular formula is C12H15ClN2O4. The Morgan fingerprint density at radius 1 is 1.37 bits per heavy atom. The van der Waals surface area contributed by atoms with Crippen molar-refractivity contribution in [3.8, 4) is 0 Å². The fraction of sp³-hybridized carbons (Fsp3) is 0.333. The van der Waals surface area contributed by atoms with Crippen LogP contribution in [0.5, 0.6) is 0 Å². The van der Waals surface area contributed by atoms with E-state index in [0.29, 0.717) is 10.7 Å². The van der Waals surface area contributed by atoms with Crippen molar-refractivity contribution in [2.45, 2.75) is 26.0 Å². The number of aliphatic hydroxyl groups excluding tert-OH is 1. The summed E-state index contributed by atoms with van der Waals surface area (Å²) >= 11 is 5.93. The van der Waals surface area contributed by atoms with Gasteiger partial charge in [-0.25, -0.2) is 9.59 Å². The van der Waals surface area contributed by atoms with Gasteiger partial charge in [0.25, 0.3) is 0 Å². The Morgan fingerprint density at radius 2 is 2.00 bits per heavy atom. The number of para-hydroxylation sites is 1. The van der Waals surface area contributed by atoms with Gasteiger partial charge < -0.3 is 20.8 Å². The van der Waals surface area contributed by atoms with Gasteiger partial charge in [0.05, 0.1) is 16.8 Å². The summed E-state index contributed by atoms with van der Waals surface area (Å²) in [6.45, 7) is 3.03. The van der Waals surface area contributed by atoms with Crippen LogP contribution in [0.25, 0.3) is 0 Å². The maximum atomic E-state index is 11.7. The van der Waals surface area contributed by atoms with Crippen LogP contribution in [0.3, 0.4) is 0 Å². The number of carboxylic acids is 1. The molecule has 2 atom stereocenters. The van der Waals surface area contributed by atoms with Gasteiger partial charge in [0.2, 0.25) is 0 Å². The first-order valence-corrected chi connectivity index (χ1v) is 5.94. The van der Waals surface area contributed by atoms with Gasteiger partial charge in [-0.1, -0.05) is 23.7 Å². The van der Waals surface area contributed by atoms with E-state index < -0.39 is 24.1 Å². The number of urea groups is 1. The molecule has 1 aromatic rings. The van der Waals surface area contributed by atoms with Gasteiger partial charge in [-0.15, -0.1) is 0 Å². The number of amides is 2. The number of carbonyl (C=O) groups is 2. The molecule has 0 aromatic heterocycles. The molecule has 0 heterocycles. The number of hydrogen-bond acceptors (Lipinski definition) is 3. The Labute approximate surface area is 115 Å². The van der Waals surface area contributed by atoms with Crippen molar-refractivity contribution >= 4 is 29.3 Å². The molecule has 0 aliphatic heterocycles. The van der Waals surface area contributed by atoms with E-state index in [0.717, 1.165) is 5.56 Å². The summed E-state index contributed by atoms with van der Waals surface area (Å²) in [5.41, 5.74) is 1.14. The zero-order valence-electron chi connectivity index (χ0n) is 10.5. The molecule has 0 bridgehead atoms. The first-order valence-electron chi connectivity index (χ1n) is 5.56. The Balaban J connectivity index is 2.78. The second kappa shape index (κ2) is 6.40.